The summed E-state index contributed by atoms with van der Waals surface area (Å²) in [5, 5.41) is 35.0. The first-order valence-electron chi connectivity index (χ1n) is 6.32. The van der Waals surface area contributed by atoms with E-state index < -0.39 is 25.0 Å². The fraction of sp³-hybridized carbons (Fsp3) is 0.182. The van der Waals surface area contributed by atoms with Gasteiger partial charge in [-0.05, 0) is 0 Å². The van der Waals surface area contributed by atoms with Crippen molar-refractivity contribution < 1.29 is 19.8 Å². The van der Waals surface area contributed by atoms with E-state index in [1.807, 2.05) is 6.07 Å². The van der Waals surface area contributed by atoms with E-state index in [1.54, 1.807) is 0 Å². The van der Waals surface area contributed by atoms with Crippen molar-refractivity contribution in [1.82, 2.24) is 24.7 Å². The Morgan fingerprint density at radius 2 is 1.71 bits per heavy atom. The van der Waals surface area contributed by atoms with Crippen LogP contribution in [0.4, 0.5) is 17.7 Å². The van der Waals surface area contributed by atoms with Crippen LogP contribution in [-0.4, -0.2) is 60.0 Å². The molecule has 0 radical (unpaired) electrons. The third kappa shape index (κ3) is 3.82. The van der Waals surface area contributed by atoms with Crippen molar-refractivity contribution in [2.75, 3.05) is 29.5 Å². The van der Waals surface area contributed by atoms with Gasteiger partial charge >= 0.3 is 11.9 Å². The first-order valence-corrected chi connectivity index (χ1v) is 6.32. The van der Waals surface area contributed by atoms with Gasteiger partial charge in [0.15, 0.2) is 0 Å². The summed E-state index contributed by atoms with van der Waals surface area (Å²) in [4.78, 5) is 33.0. The largest absolute Gasteiger partial charge is 0.480 e. The highest BCUT2D eigenvalue weighted by Gasteiger charge is 2.15. The summed E-state index contributed by atoms with van der Waals surface area (Å²) >= 11 is 0. The number of nitriles is 1. The Labute approximate surface area is 133 Å². The monoisotopic (exact) mass is 333 g/mol. The third-order valence-electron chi connectivity index (χ3n) is 2.54. The van der Waals surface area contributed by atoms with Crippen LogP contribution in [0.5, 0.6) is 0 Å². The van der Waals surface area contributed by atoms with Gasteiger partial charge in [0.2, 0.25) is 11.9 Å². The summed E-state index contributed by atoms with van der Waals surface area (Å²) in [6.07, 6.45) is 1.20. The molecular weight excluding hydrogens is 322 g/mol. The maximum atomic E-state index is 10.6. The molecule has 0 aromatic carbocycles. The lowest BCUT2D eigenvalue weighted by atomic mass is 10.4. The zero-order chi connectivity index (χ0) is 17.7. The fourth-order valence-electron chi connectivity index (χ4n) is 1.53. The maximum absolute atomic E-state index is 10.6. The average molecular weight is 333 g/mol. The summed E-state index contributed by atoms with van der Waals surface area (Å²) in [5.74, 6) is -2.72. The van der Waals surface area contributed by atoms with Crippen molar-refractivity contribution in [2.45, 2.75) is 0 Å². The Balaban J connectivity index is 2.40. The molecule has 0 unspecified atom stereocenters. The lowest BCUT2D eigenvalue weighted by Gasteiger charge is -2.09. The lowest BCUT2D eigenvalue weighted by Crippen LogP contribution is -2.20. The van der Waals surface area contributed by atoms with Gasteiger partial charge < -0.3 is 26.6 Å². The molecule has 6 N–H and O–H groups in total. The second-order valence-electron chi connectivity index (χ2n) is 4.24. The number of nitrogens with two attached hydrogens (primary N) is 1. The zero-order valence-corrected chi connectivity index (χ0v) is 12.0. The number of hydrogen-bond donors (Lipinski definition) is 5. The number of carbonyl (C=O) groups is 2. The Morgan fingerprint density at radius 3 is 2.12 bits per heavy atom. The summed E-state index contributed by atoms with van der Waals surface area (Å²) < 4.78 is 1.04. The minimum Gasteiger partial charge on any atom is -0.480 e. The SMILES string of the molecule is N#Cc1cnn(-c2nc(NCC(=O)O)nc(NCC(=O)O)n2)c1N. The Bertz CT molecular complexity index is 789. The molecule has 0 fully saturated rings. The molecule has 13 heteroatoms. The summed E-state index contributed by atoms with van der Waals surface area (Å²) in [7, 11) is 0. The Morgan fingerprint density at radius 1 is 1.17 bits per heavy atom. The number of aliphatic carboxylic acids is 2. The van der Waals surface area contributed by atoms with E-state index in [9.17, 15) is 9.59 Å². The van der Waals surface area contributed by atoms with E-state index in [4.69, 9.17) is 21.2 Å². The van der Waals surface area contributed by atoms with Crippen LogP contribution in [-0.2, 0) is 9.59 Å². The highest BCUT2D eigenvalue weighted by molar-refractivity contribution is 5.72. The quantitative estimate of drug-likeness (QED) is 0.392. The first kappa shape index (κ1) is 16.4. The number of rotatable bonds is 7. The maximum Gasteiger partial charge on any atom is 0.322 e. The molecule has 0 aliphatic carbocycles. The fourth-order valence-corrected chi connectivity index (χ4v) is 1.53. The lowest BCUT2D eigenvalue weighted by molar-refractivity contribution is -0.135. The zero-order valence-electron chi connectivity index (χ0n) is 12.0. The molecular formula is C11H11N9O4. The summed E-state index contributed by atoms with van der Waals surface area (Å²) in [6, 6.07) is 1.83. The van der Waals surface area contributed by atoms with Crippen molar-refractivity contribution in [3.8, 4) is 12.0 Å². The normalized spacial score (nSPS) is 9.96. The average Bonchev–Trinajstić information content (AvgIpc) is 2.91. The predicted molar refractivity (Wildman–Crippen MR) is 78.3 cm³/mol. The van der Waals surface area contributed by atoms with Crippen LogP contribution >= 0.6 is 0 Å². The highest BCUT2D eigenvalue weighted by atomic mass is 16.4. The molecule has 13 nitrogen and oxygen atoms in total. The van der Waals surface area contributed by atoms with Crippen molar-refractivity contribution in [2.24, 2.45) is 0 Å². The molecule has 0 saturated heterocycles. The van der Waals surface area contributed by atoms with Gasteiger partial charge in [-0.15, -0.1) is 0 Å². The Hall–Kier alpha value is -3.95. The molecule has 124 valence electrons. The van der Waals surface area contributed by atoms with Crippen molar-refractivity contribution in [3.05, 3.63) is 11.8 Å². The number of anilines is 3. The number of hydrogen-bond acceptors (Lipinski definition) is 10. The van der Waals surface area contributed by atoms with Crippen LogP contribution in [0.25, 0.3) is 5.95 Å². The highest BCUT2D eigenvalue weighted by Crippen LogP contribution is 2.15. The van der Waals surface area contributed by atoms with Gasteiger partial charge in [0, 0.05) is 0 Å². The molecule has 0 aliphatic heterocycles. The molecule has 0 bridgehead atoms. The molecule has 0 spiro atoms. The number of carboxylic acids is 2. The van der Waals surface area contributed by atoms with Crippen molar-refractivity contribution >= 4 is 29.7 Å². The van der Waals surface area contributed by atoms with Gasteiger partial charge in [-0.1, -0.05) is 0 Å². The van der Waals surface area contributed by atoms with Crippen LogP contribution < -0.4 is 16.4 Å². The van der Waals surface area contributed by atoms with Crippen LogP contribution in [0.15, 0.2) is 6.20 Å². The van der Waals surface area contributed by atoms with E-state index in [0.29, 0.717) is 0 Å². The number of nitrogen functional groups attached to an aromatic ring is 1. The topological polar surface area (TPSA) is 205 Å². The summed E-state index contributed by atoms with van der Waals surface area (Å²) in [6.45, 7) is -0.945. The third-order valence-corrected chi connectivity index (χ3v) is 2.54. The number of nitrogens with zero attached hydrogens (tertiary/aromatic N) is 6. The summed E-state index contributed by atoms with van der Waals surface area (Å²) in [5.41, 5.74) is 5.83. The number of aromatic nitrogens is 5. The van der Waals surface area contributed by atoms with Crippen molar-refractivity contribution in [1.29, 1.82) is 5.26 Å². The van der Waals surface area contributed by atoms with E-state index >= 15 is 0 Å². The molecule has 0 saturated carbocycles. The number of nitrogens with one attached hydrogen (secondary N) is 2. The predicted octanol–water partition coefficient (Wildman–Crippen LogP) is -1.50. The van der Waals surface area contributed by atoms with Gasteiger partial charge in [0.1, 0.15) is 30.5 Å². The molecule has 0 aliphatic rings. The molecule has 2 heterocycles. The standard InChI is InChI=1S/C11H11N9O4/c12-1-5-2-16-20(8(5)13)11-18-9(14-3-6(21)22)17-10(19-11)15-4-7(23)24/h2H,3-4,13H2,(H,21,22)(H,23,24)(H2,14,15,17,18,19). The molecule has 2 aromatic heterocycles. The van der Waals surface area contributed by atoms with Crippen molar-refractivity contribution in [3.63, 3.8) is 0 Å². The Kier molecular flexibility index (Phi) is 4.70. The van der Waals surface area contributed by atoms with Gasteiger partial charge in [-0.3, -0.25) is 9.59 Å². The van der Waals surface area contributed by atoms with Crippen LogP contribution in [0.1, 0.15) is 5.56 Å². The van der Waals surface area contributed by atoms with Gasteiger partial charge in [-0.25, -0.2) is 0 Å². The van der Waals surface area contributed by atoms with Gasteiger partial charge in [0.25, 0.3) is 5.95 Å². The molecule has 24 heavy (non-hydrogen) atoms. The molecule has 0 amide bonds. The van der Waals surface area contributed by atoms with E-state index in [0.717, 1.165) is 4.68 Å². The second-order valence-corrected chi connectivity index (χ2v) is 4.24. The minimum atomic E-state index is -1.15. The second kappa shape index (κ2) is 6.87. The van der Waals surface area contributed by atoms with Gasteiger partial charge in [-0.2, -0.15) is 30.0 Å². The molecule has 2 rings (SSSR count). The molecule has 2 aromatic rings. The van der Waals surface area contributed by atoms with Crippen LogP contribution in [0.3, 0.4) is 0 Å². The van der Waals surface area contributed by atoms with Crippen LogP contribution in [0.2, 0.25) is 0 Å². The number of carboxylic acid groups (broad SMARTS) is 2. The van der Waals surface area contributed by atoms with E-state index in [2.05, 4.69) is 30.7 Å². The smallest absolute Gasteiger partial charge is 0.322 e. The van der Waals surface area contributed by atoms with Gasteiger partial charge in [0.05, 0.1) is 6.20 Å². The first-order chi connectivity index (χ1) is 11.4. The van der Waals surface area contributed by atoms with E-state index in [1.165, 1.54) is 6.20 Å². The van der Waals surface area contributed by atoms with E-state index in [-0.39, 0.29) is 29.2 Å². The molecule has 0 atom stereocenters. The minimum absolute atomic E-state index is 0.0305. The van der Waals surface area contributed by atoms with Crippen LogP contribution in [0, 0.1) is 11.3 Å².